The first kappa shape index (κ1) is 15.3. The van der Waals surface area contributed by atoms with Gasteiger partial charge in [-0.05, 0) is 33.2 Å². The maximum Gasteiger partial charge on any atom is 0.250 e. The number of ketones is 1. The molecule has 1 unspecified atom stereocenters. The van der Waals surface area contributed by atoms with Crippen LogP contribution in [0.1, 0.15) is 6.92 Å². The van der Waals surface area contributed by atoms with Gasteiger partial charge in [-0.3, -0.25) is 9.59 Å². The fraction of sp³-hybridized carbons (Fsp3) is 0.375. The fourth-order valence-electron chi connectivity index (χ4n) is 2.11. The summed E-state index contributed by atoms with van der Waals surface area (Å²) >= 11 is 0. The summed E-state index contributed by atoms with van der Waals surface area (Å²) in [5, 5.41) is 0. The third-order valence-electron chi connectivity index (χ3n) is 3.22. The number of fused-ring (bicyclic) bond motifs is 1. The van der Waals surface area contributed by atoms with Crippen LogP contribution < -0.4 is 9.64 Å². The van der Waals surface area contributed by atoms with Crippen molar-refractivity contribution >= 4 is 17.4 Å². The summed E-state index contributed by atoms with van der Waals surface area (Å²) in [6.07, 6.45) is 2.74. The van der Waals surface area contributed by atoms with Crippen molar-refractivity contribution in [1.29, 1.82) is 0 Å². The monoisotopic (exact) mass is 288 g/mol. The van der Waals surface area contributed by atoms with Crippen LogP contribution in [0.2, 0.25) is 0 Å². The molecule has 0 spiro atoms. The SMILES string of the molecule is CC(=O)C1CN(C(=O)/C=C/CN(C)C)c2ccccc2O1. The van der Waals surface area contributed by atoms with Crippen molar-refractivity contribution in [3.05, 3.63) is 36.4 Å². The highest BCUT2D eigenvalue weighted by atomic mass is 16.5. The van der Waals surface area contributed by atoms with Gasteiger partial charge in [0.15, 0.2) is 11.9 Å². The minimum Gasteiger partial charge on any atom is -0.479 e. The van der Waals surface area contributed by atoms with Crippen molar-refractivity contribution in [3.63, 3.8) is 0 Å². The highest BCUT2D eigenvalue weighted by molar-refractivity contribution is 6.03. The fourth-order valence-corrected chi connectivity index (χ4v) is 2.11. The minimum atomic E-state index is -0.605. The Bertz CT molecular complexity index is 566. The van der Waals surface area contributed by atoms with Gasteiger partial charge >= 0.3 is 0 Å². The summed E-state index contributed by atoms with van der Waals surface area (Å²) in [5.74, 6) is 0.344. The zero-order valence-electron chi connectivity index (χ0n) is 12.6. The number of carbonyl (C=O) groups is 2. The third-order valence-corrected chi connectivity index (χ3v) is 3.22. The topological polar surface area (TPSA) is 49.9 Å². The van der Waals surface area contributed by atoms with Gasteiger partial charge in [0, 0.05) is 12.6 Å². The first-order valence-electron chi connectivity index (χ1n) is 6.88. The van der Waals surface area contributed by atoms with Crippen LogP contribution in [0.3, 0.4) is 0 Å². The standard InChI is InChI=1S/C16H20N2O3/c1-12(19)15-11-18(16(20)9-6-10-17(2)3)13-7-4-5-8-14(13)21-15/h4-9,15H,10-11H2,1-3H3/b9-6+. The van der Waals surface area contributed by atoms with Gasteiger partial charge in [-0.2, -0.15) is 0 Å². The van der Waals surface area contributed by atoms with Crippen LogP contribution >= 0.6 is 0 Å². The van der Waals surface area contributed by atoms with Gasteiger partial charge in [-0.15, -0.1) is 0 Å². The Morgan fingerprint density at radius 2 is 2.10 bits per heavy atom. The van der Waals surface area contributed by atoms with E-state index in [9.17, 15) is 9.59 Å². The second-order valence-corrected chi connectivity index (χ2v) is 5.30. The van der Waals surface area contributed by atoms with Gasteiger partial charge in [-0.1, -0.05) is 18.2 Å². The predicted octanol–water partition coefficient (Wildman–Crippen LogP) is 1.49. The molecule has 0 saturated heterocycles. The lowest BCUT2D eigenvalue weighted by molar-refractivity contribution is -0.124. The Labute approximate surface area is 124 Å². The van der Waals surface area contributed by atoms with Crippen LogP contribution in [0.5, 0.6) is 5.75 Å². The molecule has 1 amide bonds. The minimum absolute atomic E-state index is 0.0837. The predicted molar refractivity (Wildman–Crippen MR) is 81.6 cm³/mol. The molecule has 1 aromatic rings. The molecule has 1 aliphatic heterocycles. The normalized spacial score (nSPS) is 17.7. The molecule has 0 radical (unpaired) electrons. The molecule has 2 rings (SSSR count). The van der Waals surface area contributed by atoms with E-state index in [1.54, 1.807) is 17.0 Å². The van der Waals surface area contributed by atoms with Crippen LogP contribution in [0.25, 0.3) is 0 Å². The van der Waals surface area contributed by atoms with E-state index in [4.69, 9.17) is 4.74 Å². The number of anilines is 1. The van der Waals surface area contributed by atoms with Crippen LogP contribution in [-0.2, 0) is 9.59 Å². The molecule has 1 atom stereocenters. The zero-order valence-corrected chi connectivity index (χ0v) is 12.6. The van der Waals surface area contributed by atoms with Crippen molar-refractivity contribution in [2.75, 3.05) is 32.1 Å². The van der Waals surface area contributed by atoms with Crippen LogP contribution in [0, 0.1) is 0 Å². The maximum atomic E-state index is 12.4. The number of likely N-dealkylation sites (N-methyl/N-ethyl adjacent to an activating group) is 1. The van der Waals surface area contributed by atoms with Gasteiger partial charge < -0.3 is 14.5 Å². The van der Waals surface area contributed by atoms with E-state index in [1.165, 1.54) is 6.92 Å². The van der Waals surface area contributed by atoms with Gasteiger partial charge in [0.05, 0.1) is 12.2 Å². The van der Waals surface area contributed by atoms with E-state index in [0.29, 0.717) is 18.0 Å². The average Bonchev–Trinajstić information content (AvgIpc) is 2.45. The first-order valence-corrected chi connectivity index (χ1v) is 6.88. The lowest BCUT2D eigenvalue weighted by atomic mass is 10.1. The molecule has 0 aromatic heterocycles. The summed E-state index contributed by atoms with van der Waals surface area (Å²) in [6, 6.07) is 7.27. The van der Waals surface area contributed by atoms with Gasteiger partial charge in [-0.25, -0.2) is 0 Å². The van der Waals surface area contributed by atoms with E-state index < -0.39 is 6.10 Å². The third kappa shape index (κ3) is 3.70. The van der Waals surface area contributed by atoms with Crippen LogP contribution in [0.15, 0.2) is 36.4 Å². The number of rotatable bonds is 4. The lowest BCUT2D eigenvalue weighted by Gasteiger charge is -2.33. The summed E-state index contributed by atoms with van der Waals surface area (Å²) in [7, 11) is 3.87. The molecule has 0 aliphatic carbocycles. The number of Topliss-reactive ketones (excluding diaryl/α,β-unsaturated/α-hetero) is 1. The molecular weight excluding hydrogens is 268 g/mol. The van der Waals surface area contributed by atoms with Crippen molar-refractivity contribution in [2.45, 2.75) is 13.0 Å². The van der Waals surface area contributed by atoms with Crippen molar-refractivity contribution < 1.29 is 14.3 Å². The molecule has 5 heteroatoms. The molecule has 1 heterocycles. The smallest absolute Gasteiger partial charge is 0.250 e. The van der Waals surface area contributed by atoms with Crippen molar-refractivity contribution in [3.8, 4) is 5.75 Å². The molecule has 21 heavy (non-hydrogen) atoms. The Balaban J connectivity index is 2.23. The Hall–Kier alpha value is -2.14. The number of para-hydroxylation sites is 2. The molecule has 0 saturated carbocycles. The van der Waals surface area contributed by atoms with Crippen LogP contribution in [-0.4, -0.2) is 49.9 Å². The number of hydrogen-bond acceptors (Lipinski definition) is 4. The summed E-state index contributed by atoms with van der Waals surface area (Å²) < 4.78 is 5.64. The molecule has 1 aliphatic rings. The van der Waals surface area contributed by atoms with Gasteiger partial charge in [0.2, 0.25) is 0 Å². The highest BCUT2D eigenvalue weighted by Gasteiger charge is 2.30. The first-order chi connectivity index (χ1) is 9.99. The highest BCUT2D eigenvalue weighted by Crippen LogP contribution is 2.33. The van der Waals surface area contributed by atoms with E-state index in [0.717, 1.165) is 0 Å². The molecule has 1 aromatic carbocycles. The molecule has 5 nitrogen and oxygen atoms in total. The number of hydrogen-bond donors (Lipinski definition) is 0. The Kier molecular flexibility index (Phi) is 4.75. The largest absolute Gasteiger partial charge is 0.479 e. The molecule has 0 bridgehead atoms. The van der Waals surface area contributed by atoms with E-state index >= 15 is 0 Å². The van der Waals surface area contributed by atoms with Crippen molar-refractivity contribution in [1.82, 2.24) is 4.90 Å². The number of ether oxygens (including phenoxy) is 1. The Morgan fingerprint density at radius 3 is 2.76 bits per heavy atom. The second-order valence-electron chi connectivity index (χ2n) is 5.30. The maximum absolute atomic E-state index is 12.4. The molecule has 0 N–H and O–H groups in total. The quantitative estimate of drug-likeness (QED) is 0.788. The molecule has 112 valence electrons. The number of nitrogens with zero attached hydrogens (tertiary/aromatic N) is 2. The van der Waals surface area contributed by atoms with E-state index in [2.05, 4.69) is 0 Å². The number of benzene rings is 1. The van der Waals surface area contributed by atoms with Crippen molar-refractivity contribution in [2.24, 2.45) is 0 Å². The summed E-state index contributed by atoms with van der Waals surface area (Å²) in [4.78, 5) is 27.5. The summed E-state index contributed by atoms with van der Waals surface area (Å²) in [5.41, 5.74) is 0.703. The number of amides is 1. The second kappa shape index (κ2) is 6.54. The lowest BCUT2D eigenvalue weighted by Crippen LogP contribution is -2.46. The Morgan fingerprint density at radius 1 is 1.38 bits per heavy atom. The van der Waals surface area contributed by atoms with E-state index in [-0.39, 0.29) is 18.2 Å². The van der Waals surface area contributed by atoms with Gasteiger partial charge in [0.1, 0.15) is 5.75 Å². The zero-order chi connectivity index (χ0) is 15.4. The summed E-state index contributed by atoms with van der Waals surface area (Å²) in [6.45, 7) is 2.41. The molecule has 0 fully saturated rings. The number of carbonyl (C=O) groups excluding carboxylic acids is 2. The molecular formula is C16H20N2O3. The van der Waals surface area contributed by atoms with Gasteiger partial charge in [0.25, 0.3) is 5.91 Å². The average molecular weight is 288 g/mol. The van der Waals surface area contributed by atoms with E-state index in [1.807, 2.05) is 43.3 Å². The van der Waals surface area contributed by atoms with Crippen LogP contribution in [0.4, 0.5) is 5.69 Å².